The number of nitrogens with zero attached hydrogens (tertiary/aromatic N) is 4. The van der Waals surface area contributed by atoms with Crippen LogP contribution in [-0.4, -0.2) is 25.1 Å². The molecule has 0 amide bonds. The smallest absolute Gasteiger partial charge is 0.181 e. The van der Waals surface area contributed by atoms with Gasteiger partial charge in [0.25, 0.3) is 0 Å². The SMILES string of the molecule is Fc1cccc(-c2cncc3c2NC(c2[nH]nc4ncc(-c5cccnc5)cc24)N3)c1. The van der Waals surface area contributed by atoms with Crippen LogP contribution in [0.25, 0.3) is 33.3 Å². The van der Waals surface area contributed by atoms with E-state index in [0.29, 0.717) is 5.65 Å². The van der Waals surface area contributed by atoms with E-state index < -0.39 is 0 Å². The highest BCUT2D eigenvalue weighted by Crippen LogP contribution is 2.42. The first-order chi connectivity index (χ1) is 15.3. The lowest BCUT2D eigenvalue weighted by Gasteiger charge is -2.12. The largest absolute Gasteiger partial charge is 0.358 e. The molecule has 8 heteroatoms. The predicted octanol–water partition coefficient (Wildman–Crippen LogP) is 4.76. The maximum Gasteiger partial charge on any atom is 0.181 e. The molecule has 150 valence electrons. The third-order valence-corrected chi connectivity index (χ3v) is 5.39. The molecule has 0 saturated carbocycles. The van der Waals surface area contributed by atoms with E-state index in [2.05, 4.69) is 41.8 Å². The minimum Gasteiger partial charge on any atom is -0.358 e. The van der Waals surface area contributed by atoms with Gasteiger partial charge in [0.1, 0.15) is 12.0 Å². The number of anilines is 2. The Balaban J connectivity index is 1.40. The summed E-state index contributed by atoms with van der Waals surface area (Å²) in [6, 6.07) is 12.4. The summed E-state index contributed by atoms with van der Waals surface area (Å²) in [5.41, 5.74) is 6.72. The molecule has 1 aromatic carbocycles. The van der Waals surface area contributed by atoms with Crippen molar-refractivity contribution in [2.45, 2.75) is 6.17 Å². The highest BCUT2D eigenvalue weighted by molar-refractivity contribution is 5.91. The first kappa shape index (κ1) is 17.5. The second-order valence-electron chi connectivity index (χ2n) is 7.32. The zero-order valence-electron chi connectivity index (χ0n) is 16.2. The minimum atomic E-state index is -0.286. The minimum absolute atomic E-state index is 0.262. The monoisotopic (exact) mass is 409 g/mol. The summed E-state index contributed by atoms with van der Waals surface area (Å²) in [6.07, 6.45) is 8.57. The highest BCUT2D eigenvalue weighted by atomic mass is 19.1. The second-order valence-corrected chi connectivity index (χ2v) is 7.32. The van der Waals surface area contributed by atoms with Gasteiger partial charge in [0.05, 0.1) is 23.3 Å². The van der Waals surface area contributed by atoms with E-state index >= 15 is 0 Å². The van der Waals surface area contributed by atoms with Gasteiger partial charge in [0.2, 0.25) is 0 Å². The Kier molecular flexibility index (Phi) is 3.89. The molecule has 1 aliphatic rings. The maximum absolute atomic E-state index is 13.8. The van der Waals surface area contributed by atoms with Crippen LogP contribution in [0.3, 0.4) is 0 Å². The van der Waals surface area contributed by atoms with E-state index in [1.807, 2.05) is 24.4 Å². The van der Waals surface area contributed by atoms with E-state index in [0.717, 1.165) is 44.7 Å². The lowest BCUT2D eigenvalue weighted by atomic mass is 10.1. The van der Waals surface area contributed by atoms with E-state index in [4.69, 9.17) is 0 Å². The summed E-state index contributed by atoms with van der Waals surface area (Å²) < 4.78 is 13.8. The highest BCUT2D eigenvalue weighted by Gasteiger charge is 2.27. The molecule has 0 aliphatic carbocycles. The van der Waals surface area contributed by atoms with Crippen LogP contribution in [0.5, 0.6) is 0 Å². The van der Waals surface area contributed by atoms with Crippen molar-refractivity contribution in [1.29, 1.82) is 0 Å². The number of fused-ring (bicyclic) bond motifs is 2. The number of aromatic nitrogens is 5. The van der Waals surface area contributed by atoms with E-state index in [9.17, 15) is 4.39 Å². The Hall–Kier alpha value is -4.33. The molecule has 5 heterocycles. The number of aromatic amines is 1. The fourth-order valence-corrected chi connectivity index (χ4v) is 3.91. The van der Waals surface area contributed by atoms with Gasteiger partial charge < -0.3 is 10.6 Å². The molecular formula is C23H16FN7. The number of nitrogens with one attached hydrogen (secondary N) is 3. The van der Waals surface area contributed by atoms with Crippen molar-refractivity contribution in [3.05, 3.63) is 85.0 Å². The van der Waals surface area contributed by atoms with Crippen molar-refractivity contribution in [1.82, 2.24) is 25.1 Å². The van der Waals surface area contributed by atoms with Gasteiger partial charge in [-0.1, -0.05) is 18.2 Å². The number of hydrogen-bond donors (Lipinski definition) is 3. The average molecular weight is 409 g/mol. The Morgan fingerprint density at radius 1 is 0.839 bits per heavy atom. The fourth-order valence-electron chi connectivity index (χ4n) is 3.91. The zero-order valence-corrected chi connectivity index (χ0v) is 16.2. The van der Waals surface area contributed by atoms with Crippen molar-refractivity contribution >= 4 is 22.4 Å². The molecular weight excluding hydrogens is 393 g/mol. The third-order valence-electron chi connectivity index (χ3n) is 5.39. The molecule has 0 spiro atoms. The summed E-state index contributed by atoms with van der Waals surface area (Å²) in [4.78, 5) is 13.0. The van der Waals surface area contributed by atoms with E-state index in [-0.39, 0.29) is 12.0 Å². The Labute approximate surface area is 176 Å². The molecule has 7 nitrogen and oxygen atoms in total. The maximum atomic E-state index is 13.8. The van der Waals surface area contributed by atoms with Crippen LogP contribution in [0.1, 0.15) is 11.9 Å². The van der Waals surface area contributed by atoms with Crippen molar-refractivity contribution < 1.29 is 4.39 Å². The van der Waals surface area contributed by atoms with Gasteiger partial charge in [-0.2, -0.15) is 5.10 Å². The summed E-state index contributed by atoms with van der Waals surface area (Å²) in [5.74, 6) is -0.286. The van der Waals surface area contributed by atoms with Crippen LogP contribution in [-0.2, 0) is 0 Å². The first-order valence-electron chi connectivity index (χ1n) is 9.78. The van der Waals surface area contributed by atoms with Crippen molar-refractivity contribution in [3.8, 4) is 22.3 Å². The van der Waals surface area contributed by atoms with Gasteiger partial charge in [0.15, 0.2) is 5.65 Å². The lowest BCUT2D eigenvalue weighted by Crippen LogP contribution is -2.13. The molecule has 3 N–H and O–H groups in total. The summed E-state index contributed by atoms with van der Waals surface area (Å²) in [5, 5.41) is 15.3. The molecule has 1 unspecified atom stereocenters. The molecule has 31 heavy (non-hydrogen) atoms. The van der Waals surface area contributed by atoms with Gasteiger partial charge >= 0.3 is 0 Å². The number of pyridine rings is 3. The standard InChI is InChI=1S/C23H16FN7/c24-16-5-1-3-13(7-16)18-11-26-12-19-20(18)29-23(28-19)21-17-8-15(10-27-22(17)31-30-21)14-4-2-6-25-9-14/h1-12,23,28-29H,(H,27,30,31). The molecule has 1 aliphatic heterocycles. The van der Waals surface area contributed by atoms with E-state index in [1.54, 1.807) is 30.9 Å². The normalized spacial score (nSPS) is 14.8. The molecule has 6 rings (SSSR count). The lowest BCUT2D eigenvalue weighted by molar-refractivity contribution is 0.628. The van der Waals surface area contributed by atoms with Crippen LogP contribution in [0.4, 0.5) is 15.8 Å². The topological polar surface area (TPSA) is 91.4 Å². The van der Waals surface area contributed by atoms with Crippen LogP contribution in [0, 0.1) is 5.82 Å². The van der Waals surface area contributed by atoms with Crippen LogP contribution in [0.2, 0.25) is 0 Å². The molecule has 0 bridgehead atoms. The molecule has 0 radical (unpaired) electrons. The quantitative estimate of drug-likeness (QED) is 0.398. The zero-order chi connectivity index (χ0) is 20.8. The van der Waals surface area contributed by atoms with Crippen molar-refractivity contribution in [3.63, 3.8) is 0 Å². The molecule has 5 aromatic rings. The Morgan fingerprint density at radius 2 is 1.77 bits per heavy atom. The Morgan fingerprint density at radius 3 is 2.65 bits per heavy atom. The van der Waals surface area contributed by atoms with Gasteiger partial charge in [-0.3, -0.25) is 15.1 Å². The van der Waals surface area contributed by atoms with Crippen molar-refractivity contribution in [2.75, 3.05) is 10.6 Å². The van der Waals surface area contributed by atoms with Crippen LogP contribution >= 0.6 is 0 Å². The van der Waals surface area contributed by atoms with Gasteiger partial charge in [-0.05, 0) is 29.8 Å². The van der Waals surface area contributed by atoms with Gasteiger partial charge in [-0.15, -0.1) is 0 Å². The van der Waals surface area contributed by atoms with Gasteiger partial charge in [0, 0.05) is 46.9 Å². The Bertz CT molecular complexity index is 1410. The number of halogens is 1. The van der Waals surface area contributed by atoms with Crippen LogP contribution < -0.4 is 10.6 Å². The number of H-pyrrole nitrogens is 1. The molecule has 0 saturated heterocycles. The summed E-state index contributed by atoms with van der Waals surface area (Å²) >= 11 is 0. The van der Waals surface area contributed by atoms with Crippen molar-refractivity contribution in [2.24, 2.45) is 0 Å². The van der Waals surface area contributed by atoms with Crippen LogP contribution in [0.15, 0.2) is 73.4 Å². The second kappa shape index (κ2) is 6.88. The average Bonchev–Trinajstić information content (AvgIpc) is 3.43. The summed E-state index contributed by atoms with van der Waals surface area (Å²) in [7, 11) is 0. The fraction of sp³-hybridized carbons (Fsp3) is 0.0435. The number of hydrogen-bond acceptors (Lipinski definition) is 6. The molecule has 0 fully saturated rings. The number of benzene rings is 1. The summed E-state index contributed by atoms with van der Waals surface area (Å²) in [6.45, 7) is 0. The third kappa shape index (κ3) is 2.96. The van der Waals surface area contributed by atoms with Gasteiger partial charge in [-0.25, -0.2) is 9.37 Å². The molecule has 4 aromatic heterocycles. The number of rotatable bonds is 3. The predicted molar refractivity (Wildman–Crippen MR) is 117 cm³/mol. The first-order valence-corrected chi connectivity index (χ1v) is 9.78. The van der Waals surface area contributed by atoms with E-state index in [1.165, 1.54) is 12.1 Å². The molecule has 1 atom stereocenters.